The Hall–Kier alpha value is -1.89. The van der Waals surface area contributed by atoms with Gasteiger partial charge in [-0.3, -0.25) is 4.79 Å². The van der Waals surface area contributed by atoms with Crippen molar-refractivity contribution in [2.75, 3.05) is 5.75 Å². The highest BCUT2D eigenvalue weighted by Gasteiger charge is 2.26. The largest absolute Gasteiger partial charge is 0.480 e. The van der Waals surface area contributed by atoms with Crippen molar-refractivity contribution in [3.8, 4) is 0 Å². The number of rotatable bonds is 6. The highest BCUT2D eigenvalue weighted by Crippen LogP contribution is 2.17. The molecule has 0 aromatic heterocycles. The minimum atomic E-state index is -3.67. The lowest BCUT2D eigenvalue weighted by Crippen LogP contribution is -2.44. The third-order valence-corrected chi connectivity index (χ3v) is 4.67. The second-order valence-corrected chi connectivity index (χ2v) is 7.13. The quantitative estimate of drug-likeness (QED) is 0.809. The number of aliphatic carboxylic acids is 1. The third-order valence-electron chi connectivity index (χ3n) is 3.10. The monoisotopic (exact) mass is 313 g/mol. The molecule has 21 heavy (non-hydrogen) atoms. The summed E-state index contributed by atoms with van der Waals surface area (Å²) in [5.41, 5.74) is 2.35. The normalized spacial score (nSPS) is 12.7. The van der Waals surface area contributed by atoms with E-state index >= 15 is 0 Å². The number of carbonyl (C=O) groups is 2. The molecule has 0 saturated carbocycles. The number of hydrogen-bond donors (Lipinski definition) is 2. The van der Waals surface area contributed by atoms with Crippen LogP contribution in [-0.2, 0) is 25.2 Å². The maximum atomic E-state index is 12.2. The first-order valence-electron chi connectivity index (χ1n) is 6.38. The van der Waals surface area contributed by atoms with Crippen LogP contribution in [-0.4, -0.2) is 37.2 Å². The van der Waals surface area contributed by atoms with Gasteiger partial charge in [-0.05, 0) is 30.5 Å². The van der Waals surface area contributed by atoms with Crippen molar-refractivity contribution in [3.63, 3.8) is 0 Å². The fourth-order valence-electron chi connectivity index (χ4n) is 2.03. The van der Waals surface area contributed by atoms with Crippen LogP contribution in [0.1, 0.15) is 23.6 Å². The number of carbonyl (C=O) groups excluding carboxylic acids is 1. The maximum Gasteiger partial charge on any atom is 0.327 e. The van der Waals surface area contributed by atoms with Crippen LogP contribution in [0.25, 0.3) is 0 Å². The average molecular weight is 313 g/mol. The van der Waals surface area contributed by atoms with Gasteiger partial charge in [0.05, 0.1) is 11.5 Å². The molecule has 1 amide bonds. The van der Waals surface area contributed by atoms with E-state index in [0.29, 0.717) is 5.56 Å². The van der Waals surface area contributed by atoms with E-state index in [1.165, 1.54) is 0 Å². The molecular formula is C14H19NO5S. The number of carboxylic acids is 1. The van der Waals surface area contributed by atoms with E-state index in [1.54, 1.807) is 26.0 Å². The number of hydrogen-bond acceptors (Lipinski definition) is 4. The second-order valence-electron chi connectivity index (χ2n) is 5.02. The first-order valence-corrected chi connectivity index (χ1v) is 8.20. The number of nitrogens with one attached hydrogen (secondary N) is 1. The first kappa shape index (κ1) is 17.2. The highest BCUT2D eigenvalue weighted by atomic mass is 32.2. The van der Waals surface area contributed by atoms with Crippen molar-refractivity contribution in [1.29, 1.82) is 0 Å². The minimum absolute atomic E-state index is 0.241. The van der Waals surface area contributed by atoms with Crippen LogP contribution in [0.15, 0.2) is 18.2 Å². The Bertz CT molecular complexity index is 631. The Morgan fingerprint density at radius 1 is 1.24 bits per heavy atom. The van der Waals surface area contributed by atoms with Gasteiger partial charge in [-0.2, -0.15) is 0 Å². The van der Waals surface area contributed by atoms with Crippen LogP contribution >= 0.6 is 0 Å². The van der Waals surface area contributed by atoms with Crippen molar-refractivity contribution in [2.24, 2.45) is 0 Å². The van der Waals surface area contributed by atoms with Crippen LogP contribution in [0, 0.1) is 13.8 Å². The van der Waals surface area contributed by atoms with Gasteiger partial charge in [-0.25, -0.2) is 13.2 Å². The lowest BCUT2D eigenvalue weighted by atomic mass is 10.1. The summed E-state index contributed by atoms with van der Waals surface area (Å²) >= 11 is 0. The Morgan fingerprint density at radius 3 is 2.19 bits per heavy atom. The Balaban J connectivity index is 2.96. The minimum Gasteiger partial charge on any atom is -0.480 e. The zero-order chi connectivity index (χ0) is 16.2. The number of aryl methyl sites for hydroxylation is 2. The smallest absolute Gasteiger partial charge is 0.327 e. The Morgan fingerprint density at radius 2 is 1.76 bits per heavy atom. The molecule has 7 heteroatoms. The summed E-state index contributed by atoms with van der Waals surface area (Å²) in [5, 5.41) is 11.1. The lowest BCUT2D eigenvalue weighted by molar-refractivity contribution is -0.140. The van der Waals surface area contributed by atoms with Crippen molar-refractivity contribution < 1.29 is 23.1 Å². The molecule has 0 saturated heterocycles. The SMILES string of the molecule is CC(=O)N[C@@H](CS(=O)(=O)Cc1c(C)cccc1C)C(=O)O. The molecule has 1 atom stereocenters. The molecule has 2 N–H and O–H groups in total. The summed E-state index contributed by atoms with van der Waals surface area (Å²) in [5.74, 6) is -2.81. The molecule has 0 fully saturated rings. The predicted molar refractivity (Wildman–Crippen MR) is 78.6 cm³/mol. The molecule has 1 aromatic carbocycles. The zero-order valence-electron chi connectivity index (χ0n) is 12.2. The molecule has 0 aliphatic rings. The van der Waals surface area contributed by atoms with Gasteiger partial charge in [0.25, 0.3) is 0 Å². The van der Waals surface area contributed by atoms with Gasteiger partial charge in [0.15, 0.2) is 9.84 Å². The zero-order valence-corrected chi connectivity index (χ0v) is 13.0. The van der Waals surface area contributed by atoms with Gasteiger partial charge >= 0.3 is 5.97 Å². The molecule has 0 unspecified atom stereocenters. The predicted octanol–water partition coefficient (Wildman–Crippen LogP) is 0.808. The third kappa shape index (κ3) is 5.18. The fraction of sp³-hybridized carbons (Fsp3) is 0.429. The van der Waals surface area contributed by atoms with Gasteiger partial charge < -0.3 is 10.4 Å². The molecular weight excluding hydrogens is 294 g/mol. The molecule has 0 aliphatic heterocycles. The van der Waals surface area contributed by atoms with Crippen molar-refractivity contribution in [3.05, 3.63) is 34.9 Å². The molecule has 0 radical (unpaired) electrons. The first-order chi connectivity index (χ1) is 9.62. The number of sulfone groups is 1. The Labute approximate surface area is 124 Å². The summed E-state index contributed by atoms with van der Waals surface area (Å²) in [6.07, 6.45) is 0. The molecule has 0 heterocycles. The fourth-order valence-corrected chi connectivity index (χ4v) is 3.78. The van der Waals surface area contributed by atoms with Gasteiger partial charge in [0.1, 0.15) is 6.04 Å². The molecule has 116 valence electrons. The van der Waals surface area contributed by atoms with Crippen LogP contribution in [0.5, 0.6) is 0 Å². The van der Waals surface area contributed by atoms with Gasteiger partial charge in [-0.1, -0.05) is 18.2 Å². The molecule has 0 spiro atoms. The summed E-state index contributed by atoms with van der Waals surface area (Å²) in [6, 6.07) is 4.01. The van der Waals surface area contributed by atoms with Crippen LogP contribution in [0.4, 0.5) is 0 Å². The van der Waals surface area contributed by atoms with Crippen molar-refractivity contribution >= 4 is 21.7 Å². The summed E-state index contributed by atoms with van der Waals surface area (Å²) in [7, 11) is -3.67. The van der Waals surface area contributed by atoms with Crippen LogP contribution in [0.2, 0.25) is 0 Å². The topological polar surface area (TPSA) is 101 Å². The van der Waals surface area contributed by atoms with Crippen molar-refractivity contribution in [2.45, 2.75) is 32.6 Å². The molecule has 1 aromatic rings. The standard InChI is InChI=1S/C14H19NO5S/c1-9-5-4-6-10(2)12(9)7-21(19,20)8-13(14(17)18)15-11(3)16/h4-6,13H,7-8H2,1-3H3,(H,15,16)(H,17,18)/t13-/m0/s1. The van der Waals surface area contributed by atoms with E-state index < -0.39 is 33.5 Å². The maximum absolute atomic E-state index is 12.2. The average Bonchev–Trinajstić information content (AvgIpc) is 2.32. The molecule has 6 nitrogen and oxygen atoms in total. The van der Waals surface area contributed by atoms with E-state index in [1.807, 2.05) is 6.07 Å². The lowest BCUT2D eigenvalue weighted by Gasteiger charge is -2.15. The van der Waals surface area contributed by atoms with Gasteiger partial charge in [0.2, 0.25) is 5.91 Å². The summed E-state index contributed by atoms with van der Waals surface area (Å²) in [6.45, 7) is 4.76. The number of benzene rings is 1. The van der Waals surface area contributed by atoms with E-state index in [4.69, 9.17) is 5.11 Å². The summed E-state index contributed by atoms with van der Waals surface area (Å²) < 4.78 is 24.4. The molecule has 0 bridgehead atoms. The number of amides is 1. The Kier molecular flexibility index (Phi) is 5.48. The summed E-state index contributed by atoms with van der Waals surface area (Å²) in [4.78, 5) is 22.0. The van der Waals surface area contributed by atoms with Gasteiger partial charge in [-0.15, -0.1) is 0 Å². The second kappa shape index (κ2) is 6.71. The molecule has 1 rings (SSSR count). The van der Waals surface area contributed by atoms with E-state index in [2.05, 4.69) is 5.32 Å². The van der Waals surface area contributed by atoms with E-state index in [9.17, 15) is 18.0 Å². The number of carboxylic acid groups (broad SMARTS) is 1. The van der Waals surface area contributed by atoms with Crippen LogP contribution in [0.3, 0.4) is 0 Å². The van der Waals surface area contributed by atoms with Crippen molar-refractivity contribution in [1.82, 2.24) is 5.32 Å². The highest BCUT2D eigenvalue weighted by molar-refractivity contribution is 7.90. The van der Waals surface area contributed by atoms with Crippen LogP contribution < -0.4 is 5.32 Å². The van der Waals surface area contributed by atoms with Gasteiger partial charge in [0, 0.05) is 6.92 Å². The molecule has 0 aliphatic carbocycles. The van der Waals surface area contributed by atoms with E-state index in [0.717, 1.165) is 18.1 Å². The van der Waals surface area contributed by atoms with E-state index in [-0.39, 0.29) is 5.75 Å².